The van der Waals surface area contributed by atoms with Gasteiger partial charge in [0.05, 0.1) is 49.2 Å². The lowest BCUT2D eigenvalue weighted by Gasteiger charge is -2.12. The molecule has 0 aliphatic heterocycles. The molecular weight excluding hydrogens is 899 g/mol. The average molecular weight is 972 g/mol. The van der Waals surface area contributed by atoms with Gasteiger partial charge in [-0.1, -0.05) is 151 Å². The van der Waals surface area contributed by atoms with Gasteiger partial charge in [0.25, 0.3) is 0 Å². The molecule has 0 heterocycles. The van der Waals surface area contributed by atoms with Gasteiger partial charge < -0.3 is 24.3 Å². The molecule has 72 heavy (non-hydrogen) atoms. The number of hydrogen-bond acceptors (Lipinski definition) is 11. The number of carbonyl (C=O) groups excluding carboxylic acids is 2. The summed E-state index contributed by atoms with van der Waals surface area (Å²) >= 11 is 0. The first-order valence-corrected chi connectivity index (χ1v) is 26.0. The highest BCUT2D eigenvalue weighted by atomic mass is 16.5. The first-order chi connectivity index (χ1) is 35.2. The van der Waals surface area contributed by atoms with Crippen molar-refractivity contribution in [1.82, 2.24) is 0 Å². The highest BCUT2D eigenvalue weighted by Gasteiger charge is 2.10. The molecular formula is C61H73N5O6. The van der Waals surface area contributed by atoms with Gasteiger partial charge in [-0.25, -0.2) is 9.59 Å². The number of ether oxygens (including phenoxy) is 4. The Bertz CT molecular complexity index is 2710. The van der Waals surface area contributed by atoms with Crippen LogP contribution < -0.4 is 14.8 Å². The standard InChI is InChI=1S/C61H73N5O6/c1-46(2)60(67)71-43-23-15-11-7-5-9-13-21-41-69-50-33-29-48(30-34-50)45-62-56-37-38-58(53-26-18-17-25-52(53)56)65-66-59-40-39-57(54-27-19-20-28-55(54)59)64-63-49-31-35-51(36-32-49)70-42-22-14-10-6-8-12-16-24-44-72-61(68)47(3)4/h17-20,25-40,62H,1,3,5-16,21-24,41-45H2,2,4H3/b64-63+,66-65+. The van der Waals surface area contributed by atoms with E-state index in [2.05, 4.69) is 59.0 Å². The summed E-state index contributed by atoms with van der Waals surface area (Å²) in [6.45, 7) is 13.6. The van der Waals surface area contributed by atoms with Crippen LogP contribution in [-0.2, 0) is 25.6 Å². The summed E-state index contributed by atoms with van der Waals surface area (Å²) in [6.07, 6.45) is 17.9. The Morgan fingerprint density at radius 3 is 1.22 bits per heavy atom. The second kappa shape index (κ2) is 30.6. The van der Waals surface area contributed by atoms with Crippen molar-refractivity contribution in [2.45, 2.75) is 123 Å². The van der Waals surface area contributed by atoms with Crippen molar-refractivity contribution in [2.75, 3.05) is 31.7 Å². The minimum Gasteiger partial charge on any atom is -0.494 e. The predicted octanol–water partition coefficient (Wildman–Crippen LogP) is 17.7. The van der Waals surface area contributed by atoms with Crippen LogP contribution in [0.4, 0.5) is 28.4 Å². The van der Waals surface area contributed by atoms with Gasteiger partial charge in [0.15, 0.2) is 0 Å². The number of nitrogens with one attached hydrogen (secondary N) is 1. The number of azo groups is 2. The van der Waals surface area contributed by atoms with Crippen LogP contribution in [0.25, 0.3) is 21.5 Å². The van der Waals surface area contributed by atoms with E-state index in [1.807, 2.05) is 91.0 Å². The average Bonchev–Trinajstić information content (AvgIpc) is 3.40. The Kier molecular flexibility index (Phi) is 23.0. The van der Waals surface area contributed by atoms with Crippen molar-refractivity contribution in [3.8, 4) is 11.5 Å². The van der Waals surface area contributed by atoms with Gasteiger partial charge in [0.1, 0.15) is 11.5 Å². The third-order valence-electron chi connectivity index (χ3n) is 12.3. The molecule has 0 saturated carbocycles. The van der Waals surface area contributed by atoms with E-state index in [1.54, 1.807) is 13.8 Å². The number of nitrogens with zero attached hydrogens (tertiary/aromatic N) is 4. The molecule has 6 rings (SSSR count). The molecule has 6 aromatic carbocycles. The quantitative estimate of drug-likeness (QED) is 0.0188. The summed E-state index contributed by atoms with van der Waals surface area (Å²) in [5, 5.41) is 26.3. The Labute approximate surface area is 426 Å². The van der Waals surface area contributed by atoms with Crippen LogP contribution in [0.15, 0.2) is 166 Å². The molecule has 0 atom stereocenters. The van der Waals surface area contributed by atoms with Crippen molar-refractivity contribution in [2.24, 2.45) is 20.5 Å². The molecule has 0 spiro atoms. The van der Waals surface area contributed by atoms with Gasteiger partial charge in [0, 0.05) is 44.9 Å². The molecule has 378 valence electrons. The van der Waals surface area contributed by atoms with Crippen LogP contribution in [0.1, 0.15) is 122 Å². The largest absolute Gasteiger partial charge is 0.494 e. The summed E-state index contributed by atoms with van der Waals surface area (Å²) in [6, 6.07) is 40.4. The zero-order chi connectivity index (χ0) is 50.6. The topological polar surface area (TPSA) is 133 Å². The SMILES string of the molecule is C=C(C)C(=O)OCCCCCCCCCCOc1ccc(CNc2ccc(/N=N/c3ccc(/N=N/c4ccc(OCCCCCCCCCCOC(=O)C(=C)C)cc4)c4ccccc34)c3ccccc23)cc1. The van der Waals surface area contributed by atoms with E-state index in [1.165, 1.54) is 44.9 Å². The van der Waals surface area contributed by atoms with Crippen molar-refractivity contribution in [3.05, 3.63) is 151 Å². The lowest BCUT2D eigenvalue weighted by molar-refractivity contribution is -0.139. The van der Waals surface area contributed by atoms with Crippen molar-refractivity contribution >= 4 is 61.9 Å². The first-order valence-electron chi connectivity index (χ1n) is 26.0. The number of benzene rings is 6. The second-order valence-electron chi connectivity index (χ2n) is 18.4. The van der Waals surface area contributed by atoms with E-state index in [-0.39, 0.29) is 11.9 Å². The maximum absolute atomic E-state index is 11.4. The number of rotatable bonds is 33. The highest BCUT2D eigenvalue weighted by molar-refractivity contribution is 6.02. The minimum atomic E-state index is -0.299. The molecule has 0 unspecified atom stereocenters. The van der Waals surface area contributed by atoms with Crippen LogP contribution in [0, 0.1) is 0 Å². The number of esters is 2. The van der Waals surface area contributed by atoms with Crippen LogP contribution in [0.3, 0.4) is 0 Å². The number of carbonyl (C=O) groups is 2. The van der Waals surface area contributed by atoms with Gasteiger partial charge in [-0.3, -0.25) is 0 Å². The Balaban J connectivity index is 0.909. The fourth-order valence-corrected chi connectivity index (χ4v) is 8.18. The van der Waals surface area contributed by atoms with Crippen molar-refractivity contribution < 1.29 is 28.5 Å². The summed E-state index contributed by atoms with van der Waals surface area (Å²) in [4.78, 5) is 22.9. The number of fused-ring (bicyclic) bond motifs is 2. The lowest BCUT2D eigenvalue weighted by atomic mass is 10.1. The smallest absolute Gasteiger partial charge is 0.333 e. The number of hydrogen-bond donors (Lipinski definition) is 1. The Hall–Kier alpha value is -7.14. The van der Waals surface area contributed by atoms with E-state index in [4.69, 9.17) is 29.2 Å². The van der Waals surface area contributed by atoms with Gasteiger partial charge in [-0.15, -0.1) is 15.3 Å². The van der Waals surface area contributed by atoms with E-state index >= 15 is 0 Å². The van der Waals surface area contributed by atoms with E-state index < -0.39 is 0 Å². The molecule has 11 heteroatoms. The lowest BCUT2D eigenvalue weighted by Crippen LogP contribution is -2.05. The van der Waals surface area contributed by atoms with Crippen molar-refractivity contribution in [3.63, 3.8) is 0 Å². The summed E-state index contributed by atoms with van der Waals surface area (Å²) in [5.74, 6) is 1.12. The summed E-state index contributed by atoms with van der Waals surface area (Å²) in [7, 11) is 0. The zero-order valence-electron chi connectivity index (χ0n) is 42.5. The van der Waals surface area contributed by atoms with Crippen LogP contribution >= 0.6 is 0 Å². The van der Waals surface area contributed by atoms with Crippen LogP contribution in [-0.4, -0.2) is 38.4 Å². The Morgan fingerprint density at radius 2 is 0.778 bits per heavy atom. The fraction of sp³-hybridized carbons (Fsp3) is 0.377. The Morgan fingerprint density at radius 1 is 0.417 bits per heavy atom. The first kappa shape index (κ1) is 54.2. The van der Waals surface area contributed by atoms with Gasteiger partial charge in [-0.05, 0) is 106 Å². The predicted molar refractivity (Wildman–Crippen MR) is 293 cm³/mol. The third-order valence-corrected chi connectivity index (χ3v) is 12.3. The maximum atomic E-state index is 11.4. The van der Waals surface area contributed by atoms with Crippen LogP contribution in [0.5, 0.6) is 11.5 Å². The number of unbranched alkanes of at least 4 members (excludes halogenated alkanes) is 14. The van der Waals surface area contributed by atoms with Crippen LogP contribution in [0.2, 0.25) is 0 Å². The van der Waals surface area contributed by atoms with Gasteiger partial charge >= 0.3 is 11.9 Å². The molecule has 0 aliphatic carbocycles. The monoisotopic (exact) mass is 972 g/mol. The molecule has 0 saturated heterocycles. The third kappa shape index (κ3) is 18.6. The highest BCUT2D eigenvalue weighted by Crippen LogP contribution is 2.37. The molecule has 0 aliphatic rings. The molecule has 0 bridgehead atoms. The molecule has 0 aromatic heterocycles. The maximum Gasteiger partial charge on any atom is 0.333 e. The number of anilines is 1. The molecule has 0 radical (unpaired) electrons. The normalized spacial score (nSPS) is 11.4. The van der Waals surface area contributed by atoms with Gasteiger partial charge in [-0.2, -0.15) is 5.11 Å². The fourth-order valence-electron chi connectivity index (χ4n) is 8.18. The second-order valence-corrected chi connectivity index (χ2v) is 18.4. The van der Waals surface area contributed by atoms with E-state index in [0.29, 0.717) is 44.1 Å². The zero-order valence-corrected chi connectivity index (χ0v) is 42.5. The van der Waals surface area contributed by atoms with E-state index in [0.717, 1.165) is 125 Å². The molecule has 0 fully saturated rings. The minimum absolute atomic E-state index is 0.295. The van der Waals surface area contributed by atoms with E-state index in [9.17, 15) is 9.59 Å². The van der Waals surface area contributed by atoms with Crippen molar-refractivity contribution in [1.29, 1.82) is 0 Å². The molecule has 11 nitrogen and oxygen atoms in total. The molecule has 1 N–H and O–H groups in total. The van der Waals surface area contributed by atoms with Gasteiger partial charge in [0.2, 0.25) is 0 Å². The molecule has 6 aromatic rings. The summed E-state index contributed by atoms with van der Waals surface area (Å²) in [5.41, 5.74) is 6.13. The summed E-state index contributed by atoms with van der Waals surface area (Å²) < 4.78 is 22.3. The molecule has 0 amide bonds.